The molecule has 0 atom stereocenters. The Kier molecular flexibility index (Phi) is 5.38. The molecule has 0 spiro atoms. The van der Waals surface area contributed by atoms with Crippen molar-refractivity contribution in [3.63, 3.8) is 0 Å². The van der Waals surface area contributed by atoms with Crippen LogP contribution in [0.3, 0.4) is 0 Å². The van der Waals surface area contributed by atoms with Gasteiger partial charge in [-0.1, -0.05) is 54.1 Å². The Bertz CT molecular complexity index is 933. The Morgan fingerprint density at radius 3 is 2.46 bits per heavy atom. The maximum Gasteiger partial charge on any atom is 0.361 e. The molecule has 0 unspecified atom stereocenters. The van der Waals surface area contributed by atoms with Crippen LogP contribution in [0, 0.1) is 13.8 Å². The molecular weight excluding hydrogens is 350 g/mol. The topological polar surface area (TPSA) is 57.0 Å². The van der Waals surface area contributed by atoms with E-state index in [1.165, 1.54) is 5.56 Å². The van der Waals surface area contributed by atoms with Crippen LogP contribution in [0.25, 0.3) is 5.69 Å². The maximum atomic E-state index is 12.4. The standard InChI is InChI=1S/C20H20ClN3O2/c1-4-15-6-8-16(9-7-15)12-26-20(25)19-14(3)24(23-22-19)17-10-5-13(2)18(21)11-17/h5-11H,4,12H2,1-3H3. The number of carbonyl (C=O) groups excluding carboxylic acids is 1. The van der Waals surface area contributed by atoms with Crippen LogP contribution in [0.1, 0.15) is 39.8 Å². The average molecular weight is 370 g/mol. The molecule has 0 aliphatic carbocycles. The third kappa shape index (κ3) is 3.78. The molecule has 0 bridgehead atoms. The lowest BCUT2D eigenvalue weighted by Crippen LogP contribution is -2.08. The van der Waals surface area contributed by atoms with Crippen molar-refractivity contribution in [1.29, 1.82) is 0 Å². The van der Waals surface area contributed by atoms with Crippen molar-refractivity contribution in [1.82, 2.24) is 15.0 Å². The SMILES string of the molecule is CCc1ccc(COC(=O)c2nnn(-c3ccc(C)c(Cl)c3)c2C)cc1. The number of rotatable bonds is 5. The summed E-state index contributed by atoms with van der Waals surface area (Å²) in [5, 5.41) is 8.68. The first-order valence-corrected chi connectivity index (χ1v) is 8.81. The van der Waals surface area contributed by atoms with Crippen LogP contribution in [0.2, 0.25) is 5.02 Å². The molecule has 3 rings (SSSR count). The number of carbonyl (C=O) groups is 1. The van der Waals surface area contributed by atoms with Crippen molar-refractivity contribution < 1.29 is 9.53 Å². The molecule has 0 radical (unpaired) electrons. The summed E-state index contributed by atoms with van der Waals surface area (Å²) in [6.45, 7) is 6.00. The number of aromatic nitrogens is 3. The first-order chi connectivity index (χ1) is 12.5. The second-order valence-corrected chi connectivity index (χ2v) is 6.52. The molecule has 0 amide bonds. The van der Waals surface area contributed by atoms with E-state index in [0.29, 0.717) is 10.7 Å². The molecular formula is C20H20ClN3O2. The highest BCUT2D eigenvalue weighted by molar-refractivity contribution is 6.31. The number of ether oxygens (including phenoxy) is 1. The van der Waals surface area contributed by atoms with Gasteiger partial charge in [-0.25, -0.2) is 9.48 Å². The van der Waals surface area contributed by atoms with Gasteiger partial charge in [0.15, 0.2) is 5.69 Å². The van der Waals surface area contributed by atoms with Crippen LogP contribution in [-0.4, -0.2) is 21.0 Å². The number of esters is 1. The molecule has 6 heteroatoms. The Labute approximate surface area is 157 Å². The monoisotopic (exact) mass is 369 g/mol. The number of hydrogen-bond acceptors (Lipinski definition) is 4. The van der Waals surface area contributed by atoms with Gasteiger partial charge >= 0.3 is 5.97 Å². The zero-order valence-electron chi connectivity index (χ0n) is 15.0. The summed E-state index contributed by atoms with van der Waals surface area (Å²) >= 11 is 6.17. The van der Waals surface area contributed by atoms with Crippen LogP contribution in [0.4, 0.5) is 0 Å². The van der Waals surface area contributed by atoms with E-state index in [1.54, 1.807) is 17.7 Å². The van der Waals surface area contributed by atoms with Gasteiger partial charge in [-0.05, 0) is 49.1 Å². The fourth-order valence-corrected chi connectivity index (χ4v) is 2.74. The molecule has 0 aliphatic rings. The predicted octanol–water partition coefficient (Wildman–Crippen LogP) is 4.46. The van der Waals surface area contributed by atoms with E-state index in [2.05, 4.69) is 17.2 Å². The van der Waals surface area contributed by atoms with Crippen molar-refractivity contribution in [2.45, 2.75) is 33.8 Å². The van der Waals surface area contributed by atoms with E-state index in [1.807, 2.05) is 43.3 Å². The Morgan fingerprint density at radius 2 is 1.81 bits per heavy atom. The molecule has 3 aromatic rings. The highest BCUT2D eigenvalue weighted by Gasteiger charge is 2.19. The van der Waals surface area contributed by atoms with Crippen molar-refractivity contribution in [3.8, 4) is 5.69 Å². The first-order valence-electron chi connectivity index (χ1n) is 8.43. The lowest BCUT2D eigenvalue weighted by Gasteiger charge is -2.07. The second kappa shape index (κ2) is 7.70. The summed E-state index contributed by atoms with van der Waals surface area (Å²) in [7, 11) is 0. The summed E-state index contributed by atoms with van der Waals surface area (Å²) < 4.78 is 6.96. The summed E-state index contributed by atoms with van der Waals surface area (Å²) in [5.74, 6) is -0.494. The Balaban J connectivity index is 1.73. The van der Waals surface area contributed by atoms with Crippen molar-refractivity contribution >= 4 is 17.6 Å². The van der Waals surface area contributed by atoms with Crippen LogP contribution in [-0.2, 0) is 17.8 Å². The second-order valence-electron chi connectivity index (χ2n) is 6.11. The quantitative estimate of drug-likeness (QED) is 0.623. The minimum atomic E-state index is -0.494. The van der Waals surface area contributed by atoms with Crippen molar-refractivity contribution in [2.75, 3.05) is 0 Å². The first kappa shape index (κ1) is 18.1. The van der Waals surface area contributed by atoms with Crippen LogP contribution in [0.15, 0.2) is 42.5 Å². The lowest BCUT2D eigenvalue weighted by molar-refractivity contribution is 0.0464. The van der Waals surface area contributed by atoms with E-state index in [-0.39, 0.29) is 12.3 Å². The fourth-order valence-electron chi connectivity index (χ4n) is 2.56. The van der Waals surface area contributed by atoms with Crippen molar-refractivity contribution in [2.24, 2.45) is 0 Å². The third-order valence-corrected chi connectivity index (χ3v) is 4.70. The summed E-state index contributed by atoms with van der Waals surface area (Å²) in [4.78, 5) is 12.4. The molecule has 5 nitrogen and oxygen atoms in total. The minimum absolute atomic E-state index is 0.200. The van der Waals surface area contributed by atoms with E-state index < -0.39 is 5.97 Å². The molecule has 0 aliphatic heterocycles. The normalized spacial score (nSPS) is 10.8. The van der Waals surface area contributed by atoms with Gasteiger partial charge in [0, 0.05) is 5.02 Å². The van der Waals surface area contributed by atoms with E-state index >= 15 is 0 Å². The van der Waals surface area contributed by atoms with Crippen LogP contribution >= 0.6 is 11.6 Å². The molecule has 0 saturated carbocycles. The fraction of sp³-hybridized carbons (Fsp3) is 0.250. The number of benzene rings is 2. The maximum absolute atomic E-state index is 12.4. The number of aryl methyl sites for hydroxylation is 2. The van der Waals surface area contributed by atoms with Crippen LogP contribution in [0.5, 0.6) is 0 Å². The van der Waals surface area contributed by atoms with E-state index in [4.69, 9.17) is 16.3 Å². The van der Waals surface area contributed by atoms with E-state index in [0.717, 1.165) is 23.2 Å². The summed E-state index contributed by atoms with van der Waals surface area (Å²) in [6.07, 6.45) is 0.978. The molecule has 1 heterocycles. The zero-order valence-corrected chi connectivity index (χ0v) is 15.7. The predicted molar refractivity (Wildman–Crippen MR) is 101 cm³/mol. The molecule has 2 aromatic carbocycles. The van der Waals surface area contributed by atoms with Gasteiger partial charge in [-0.2, -0.15) is 0 Å². The largest absolute Gasteiger partial charge is 0.456 e. The lowest BCUT2D eigenvalue weighted by atomic mass is 10.1. The number of nitrogens with zero attached hydrogens (tertiary/aromatic N) is 3. The van der Waals surface area contributed by atoms with Gasteiger partial charge in [-0.15, -0.1) is 5.10 Å². The highest BCUT2D eigenvalue weighted by atomic mass is 35.5. The van der Waals surface area contributed by atoms with Crippen LogP contribution < -0.4 is 0 Å². The third-order valence-electron chi connectivity index (χ3n) is 4.29. The summed E-state index contributed by atoms with van der Waals surface area (Å²) in [5.41, 5.74) is 4.71. The number of hydrogen-bond donors (Lipinski definition) is 0. The molecule has 134 valence electrons. The Morgan fingerprint density at radius 1 is 1.12 bits per heavy atom. The number of halogens is 1. The highest BCUT2D eigenvalue weighted by Crippen LogP contribution is 2.21. The molecule has 26 heavy (non-hydrogen) atoms. The van der Waals surface area contributed by atoms with Gasteiger partial charge in [0.1, 0.15) is 6.61 Å². The van der Waals surface area contributed by atoms with Gasteiger partial charge < -0.3 is 4.74 Å². The summed E-state index contributed by atoms with van der Waals surface area (Å²) in [6, 6.07) is 13.6. The Hall–Kier alpha value is -2.66. The van der Waals surface area contributed by atoms with Gasteiger partial charge in [0.2, 0.25) is 0 Å². The molecule has 0 fully saturated rings. The minimum Gasteiger partial charge on any atom is -0.456 e. The average Bonchev–Trinajstić information content (AvgIpc) is 3.04. The van der Waals surface area contributed by atoms with Gasteiger partial charge in [0.25, 0.3) is 0 Å². The van der Waals surface area contributed by atoms with Gasteiger partial charge in [0.05, 0.1) is 11.4 Å². The zero-order chi connectivity index (χ0) is 18.7. The molecule has 1 aromatic heterocycles. The van der Waals surface area contributed by atoms with E-state index in [9.17, 15) is 4.79 Å². The molecule has 0 saturated heterocycles. The molecule has 0 N–H and O–H groups in total. The van der Waals surface area contributed by atoms with Crippen molar-refractivity contribution in [3.05, 3.63) is 75.6 Å². The van der Waals surface area contributed by atoms with Gasteiger partial charge in [-0.3, -0.25) is 0 Å². The smallest absolute Gasteiger partial charge is 0.361 e.